The molecule has 2 heterocycles. The molecule has 0 fully saturated rings. The lowest BCUT2D eigenvalue weighted by atomic mass is 10.1. The molecular weight excluding hydrogens is 222 g/mol. The fourth-order valence-corrected chi connectivity index (χ4v) is 2.27. The van der Waals surface area contributed by atoms with Crippen molar-refractivity contribution in [2.24, 2.45) is 0 Å². The van der Waals surface area contributed by atoms with E-state index in [0.29, 0.717) is 0 Å². The first kappa shape index (κ1) is 11.1. The summed E-state index contributed by atoms with van der Waals surface area (Å²) in [7, 11) is 0. The van der Waals surface area contributed by atoms with Crippen molar-refractivity contribution in [1.82, 2.24) is 15.2 Å². The molecule has 0 saturated heterocycles. The number of hydrogen-bond acceptors (Lipinski definition) is 1. The molecule has 18 heavy (non-hydrogen) atoms. The van der Waals surface area contributed by atoms with E-state index in [-0.39, 0.29) is 0 Å². The molecule has 1 aromatic carbocycles. The van der Waals surface area contributed by atoms with Gasteiger partial charge in [-0.05, 0) is 42.2 Å². The van der Waals surface area contributed by atoms with Crippen molar-refractivity contribution in [3.8, 4) is 11.4 Å². The quantitative estimate of drug-likeness (QED) is 0.719. The maximum absolute atomic E-state index is 4.43. The Morgan fingerprint density at radius 2 is 1.89 bits per heavy atom. The topological polar surface area (TPSA) is 44.5 Å². The maximum Gasteiger partial charge on any atom is 0.116 e. The van der Waals surface area contributed by atoms with Gasteiger partial charge in [0.25, 0.3) is 0 Å². The molecule has 0 spiro atoms. The molecule has 0 aliphatic heterocycles. The predicted molar refractivity (Wildman–Crippen MR) is 74.6 cm³/mol. The second kappa shape index (κ2) is 4.33. The highest BCUT2D eigenvalue weighted by molar-refractivity contribution is 5.92. The smallest absolute Gasteiger partial charge is 0.116 e. The van der Waals surface area contributed by atoms with Gasteiger partial charge < -0.3 is 4.98 Å². The average Bonchev–Trinajstić information content (AvgIpc) is 3.03. The molecule has 3 aromatic rings. The number of aromatic nitrogens is 3. The first-order valence-electron chi connectivity index (χ1n) is 6.46. The van der Waals surface area contributed by atoms with Gasteiger partial charge in [0.2, 0.25) is 0 Å². The standard InChI is InChI=1S/C15H17N3/c1-3-10-5-6-13-12(7-10)15(18-17-13)14-8-11(4-2)9-16-14/h5-9,16H,3-4H2,1-2H3,(H,17,18). The van der Waals surface area contributed by atoms with Crippen molar-refractivity contribution >= 4 is 10.9 Å². The van der Waals surface area contributed by atoms with E-state index in [9.17, 15) is 0 Å². The number of hydrogen-bond donors (Lipinski definition) is 2. The van der Waals surface area contributed by atoms with Gasteiger partial charge in [-0.25, -0.2) is 0 Å². The Balaban J connectivity index is 2.16. The van der Waals surface area contributed by atoms with Crippen molar-refractivity contribution in [3.05, 3.63) is 41.6 Å². The maximum atomic E-state index is 4.43. The lowest BCUT2D eigenvalue weighted by Crippen LogP contribution is -1.81. The molecule has 92 valence electrons. The zero-order valence-electron chi connectivity index (χ0n) is 10.7. The summed E-state index contributed by atoms with van der Waals surface area (Å²) in [5.41, 5.74) is 5.85. The molecule has 0 atom stereocenters. The van der Waals surface area contributed by atoms with Crippen LogP contribution >= 0.6 is 0 Å². The van der Waals surface area contributed by atoms with Gasteiger partial charge in [0.05, 0.1) is 11.2 Å². The molecule has 3 heteroatoms. The van der Waals surface area contributed by atoms with Gasteiger partial charge in [0.15, 0.2) is 0 Å². The first-order valence-corrected chi connectivity index (χ1v) is 6.46. The molecular formula is C15H17N3. The van der Waals surface area contributed by atoms with E-state index in [2.05, 4.69) is 59.5 Å². The van der Waals surface area contributed by atoms with Gasteiger partial charge in [-0.1, -0.05) is 19.9 Å². The Labute approximate surface area is 106 Å². The highest BCUT2D eigenvalue weighted by atomic mass is 15.1. The van der Waals surface area contributed by atoms with Crippen LogP contribution in [0, 0.1) is 0 Å². The van der Waals surface area contributed by atoms with Gasteiger partial charge in [0, 0.05) is 11.6 Å². The van der Waals surface area contributed by atoms with Crippen molar-refractivity contribution in [1.29, 1.82) is 0 Å². The normalized spacial score (nSPS) is 11.2. The van der Waals surface area contributed by atoms with Crippen LogP contribution < -0.4 is 0 Å². The molecule has 0 unspecified atom stereocenters. The van der Waals surface area contributed by atoms with Gasteiger partial charge in [-0.2, -0.15) is 5.10 Å². The molecule has 3 rings (SSSR count). The van der Waals surface area contributed by atoms with E-state index < -0.39 is 0 Å². The number of rotatable bonds is 3. The van der Waals surface area contributed by atoms with Crippen LogP contribution in [0.4, 0.5) is 0 Å². The molecule has 0 radical (unpaired) electrons. The summed E-state index contributed by atoms with van der Waals surface area (Å²) >= 11 is 0. The zero-order chi connectivity index (χ0) is 12.5. The number of fused-ring (bicyclic) bond motifs is 1. The van der Waals surface area contributed by atoms with Gasteiger partial charge in [-0.3, -0.25) is 5.10 Å². The fourth-order valence-electron chi connectivity index (χ4n) is 2.27. The minimum Gasteiger partial charge on any atom is -0.360 e. The number of nitrogens with one attached hydrogen (secondary N) is 2. The third-order valence-electron chi connectivity index (χ3n) is 3.44. The fraction of sp³-hybridized carbons (Fsp3) is 0.267. The third-order valence-corrected chi connectivity index (χ3v) is 3.44. The van der Waals surface area contributed by atoms with E-state index in [4.69, 9.17) is 0 Å². The van der Waals surface area contributed by atoms with Gasteiger partial charge in [-0.15, -0.1) is 0 Å². The Bertz CT molecular complexity index is 676. The predicted octanol–water partition coefficient (Wildman–Crippen LogP) is 3.68. The molecule has 0 aliphatic rings. The van der Waals surface area contributed by atoms with Gasteiger partial charge >= 0.3 is 0 Å². The third kappa shape index (κ3) is 1.72. The van der Waals surface area contributed by atoms with E-state index in [1.807, 2.05) is 0 Å². The van der Waals surface area contributed by atoms with Crippen LogP contribution in [0.15, 0.2) is 30.5 Å². The molecule has 0 aliphatic carbocycles. The second-order valence-corrected chi connectivity index (χ2v) is 4.58. The van der Waals surface area contributed by atoms with E-state index in [0.717, 1.165) is 29.7 Å². The molecule has 0 amide bonds. The Hall–Kier alpha value is -2.03. The second-order valence-electron chi connectivity index (χ2n) is 4.58. The first-order chi connectivity index (χ1) is 8.81. The van der Waals surface area contributed by atoms with Crippen LogP contribution in [-0.2, 0) is 12.8 Å². The molecule has 2 N–H and O–H groups in total. The lowest BCUT2D eigenvalue weighted by Gasteiger charge is -1.97. The van der Waals surface area contributed by atoms with Crippen LogP contribution in [0.2, 0.25) is 0 Å². The van der Waals surface area contributed by atoms with Crippen molar-refractivity contribution in [2.75, 3.05) is 0 Å². The Morgan fingerprint density at radius 3 is 2.61 bits per heavy atom. The Morgan fingerprint density at radius 1 is 1.06 bits per heavy atom. The minimum atomic E-state index is 1.01. The number of nitrogens with zero attached hydrogens (tertiary/aromatic N) is 1. The molecule has 0 saturated carbocycles. The van der Waals surface area contributed by atoms with Crippen LogP contribution in [-0.4, -0.2) is 15.2 Å². The number of aromatic amines is 2. The zero-order valence-corrected chi connectivity index (χ0v) is 10.7. The summed E-state index contributed by atoms with van der Waals surface area (Å²) in [6, 6.07) is 8.65. The van der Waals surface area contributed by atoms with E-state index in [1.165, 1.54) is 16.5 Å². The summed E-state index contributed by atoms with van der Waals surface area (Å²) in [5.74, 6) is 0. The van der Waals surface area contributed by atoms with E-state index >= 15 is 0 Å². The SMILES string of the molecule is CCc1c[nH]c(-c2n[nH]c3ccc(CC)cc23)c1. The van der Waals surface area contributed by atoms with Crippen LogP contribution in [0.25, 0.3) is 22.3 Å². The minimum absolute atomic E-state index is 1.01. The summed E-state index contributed by atoms with van der Waals surface area (Å²) in [4.78, 5) is 3.31. The van der Waals surface area contributed by atoms with Crippen molar-refractivity contribution < 1.29 is 0 Å². The average molecular weight is 239 g/mol. The monoisotopic (exact) mass is 239 g/mol. The van der Waals surface area contributed by atoms with Crippen LogP contribution in [0.5, 0.6) is 0 Å². The highest BCUT2D eigenvalue weighted by Gasteiger charge is 2.10. The van der Waals surface area contributed by atoms with Crippen molar-refractivity contribution in [3.63, 3.8) is 0 Å². The number of benzene rings is 1. The molecule has 3 nitrogen and oxygen atoms in total. The molecule has 0 bridgehead atoms. The van der Waals surface area contributed by atoms with Crippen LogP contribution in [0.1, 0.15) is 25.0 Å². The van der Waals surface area contributed by atoms with Gasteiger partial charge in [0.1, 0.15) is 5.69 Å². The molecule has 2 aromatic heterocycles. The Kier molecular flexibility index (Phi) is 2.67. The van der Waals surface area contributed by atoms with Crippen molar-refractivity contribution in [2.45, 2.75) is 26.7 Å². The van der Waals surface area contributed by atoms with Crippen LogP contribution in [0.3, 0.4) is 0 Å². The summed E-state index contributed by atoms with van der Waals surface area (Å²) in [5, 5.41) is 8.72. The largest absolute Gasteiger partial charge is 0.360 e. The van der Waals surface area contributed by atoms with E-state index in [1.54, 1.807) is 0 Å². The lowest BCUT2D eigenvalue weighted by molar-refractivity contribution is 1.11. The number of H-pyrrole nitrogens is 2. The highest BCUT2D eigenvalue weighted by Crippen LogP contribution is 2.27. The summed E-state index contributed by atoms with van der Waals surface area (Å²) in [6.45, 7) is 4.33. The number of aryl methyl sites for hydroxylation is 2. The summed E-state index contributed by atoms with van der Waals surface area (Å²) < 4.78 is 0. The summed E-state index contributed by atoms with van der Waals surface area (Å²) in [6.07, 6.45) is 4.14.